The van der Waals surface area contributed by atoms with Gasteiger partial charge in [-0.05, 0) is 36.8 Å². The van der Waals surface area contributed by atoms with Crippen molar-refractivity contribution in [3.63, 3.8) is 0 Å². The van der Waals surface area contributed by atoms with Gasteiger partial charge in [0.2, 0.25) is 0 Å². The fourth-order valence-corrected chi connectivity index (χ4v) is 2.31. The third-order valence-electron chi connectivity index (χ3n) is 3.64. The summed E-state index contributed by atoms with van der Waals surface area (Å²) in [6.45, 7) is 2.32. The number of para-hydroxylation sites is 1. The summed E-state index contributed by atoms with van der Waals surface area (Å²) >= 11 is 0. The van der Waals surface area contributed by atoms with Crippen LogP contribution in [0.15, 0.2) is 54.6 Å². The molecular formula is C19H19NO5. The van der Waals surface area contributed by atoms with Gasteiger partial charge >= 0.3 is 5.97 Å². The summed E-state index contributed by atoms with van der Waals surface area (Å²) in [7, 11) is 0. The van der Waals surface area contributed by atoms with E-state index in [2.05, 4.69) is 5.32 Å². The first kappa shape index (κ1) is 17.0. The van der Waals surface area contributed by atoms with Crippen LogP contribution in [0.3, 0.4) is 0 Å². The molecule has 0 bridgehead atoms. The summed E-state index contributed by atoms with van der Waals surface area (Å²) < 4.78 is 15.6. The van der Waals surface area contributed by atoms with Crippen LogP contribution in [0, 0.1) is 0 Å². The topological polar surface area (TPSA) is 77.2 Å². The molecule has 0 unspecified atom stereocenters. The zero-order chi connectivity index (χ0) is 17.6. The van der Waals surface area contributed by atoms with Gasteiger partial charge < -0.3 is 19.5 Å². The molecule has 1 aliphatic heterocycles. The highest BCUT2D eigenvalue weighted by molar-refractivity contribution is 5.92. The average molecular weight is 341 g/mol. The molecule has 1 heterocycles. The highest BCUT2D eigenvalue weighted by Crippen LogP contribution is 2.24. The van der Waals surface area contributed by atoms with Crippen molar-refractivity contribution in [2.45, 2.75) is 25.7 Å². The Bertz CT molecular complexity index is 729. The van der Waals surface area contributed by atoms with E-state index in [0.717, 1.165) is 11.3 Å². The fraction of sp³-hybridized carbons (Fsp3) is 0.263. The quantitative estimate of drug-likeness (QED) is 0.618. The van der Waals surface area contributed by atoms with E-state index in [-0.39, 0.29) is 12.5 Å². The Morgan fingerprint density at radius 3 is 2.36 bits per heavy atom. The first-order valence-electron chi connectivity index (χ1n) is 8.09. The first-order chi connectivity index (χ1) is 12.2. The van der Waals surface area contributed by atoms with E-state index in [9.17, 15) is 9.59 Å². The highest BCUT2D eigenvalue weighted by atomic mass is 16.6. The number of ether oxygens (including phenoxy) is 3. The van der Waals surface area contributed by atoms with E-state index < -0.39 is 18.2 Å². The van der Waals surface area contributed by atoms with Crippen LogP contribution in [-0.2, 0) is 25.6 Å². The molecule has 2 aromatic rings. The molecule has 0 spiro atoms. The van der Waals surface area contributed by atoms with E-state index >= 15 is 0 Å². The molecule has 2 aromatic carbocycles. The summed E-state index contributed by atoms with van der Waals surface area (Å²) in [5.74, 6) is 0.668. The Hall–Kier alpha value is -2.86. The predicted molar refractivity (Wildman–Crippen MR) is 90.1 cm³/mol. The van der Waals surface area contributed by atoms with Crippen molar-refractivity contribution >= 4 is 11.9 Å². The molecule has 1 fully saturated rings. The lowest BCUT2D eigenvalue weighted by Crippen LogP contribution is -2.30. The molecular weight excluding hydrogens is 322 g/mol. The van der Waals surface area contributed by atoms with Crippen molar-refractivity contribution in [2.24, 2.45) is 0 Å². The van der Waals surface area contributed by atoms with Crippen molar-refractivity contribution in [1.29, 1.82) is 0 Å². The van der Waals surface area contributed by atoms with Gasteiger partial charge in [-0.15, -0.1) is 0 Å². The van der Waals surface area contributed by atoms with Gasteiger partial charge in [0.25, 0.3) is 5.91 Å². The maximum Gasteiger partial charge on any atom is 0.338 e. The summed E-state index contributed by atoms with van der Waals surface area (Å²) in [4.78, 5) is 23.4. The van der Waals surface area contributed by atoms with Crippen LogP contribution in [-0.4, -0.2) is 30.7 Å². The van der Waals surface area contributed by atoms with Gasteiger partial charge in [0.1, 0.15) is 11.5 Å². The summed E-state index contributed by atoms with van der Waals surface area (Å²) in [6.07, 6.45) is -1.53. The Kier molecular flexibility index (Phi) is 5.30. The molecule has 1 N–H and O–H groups in total. The van der Waals surface area contributed by atoms with Gasteiger partial charge in [-0.2, -0.15) is 0 Å². The van der Waals surface area contributed by atoms with Gasteiger partial charge in [0.05, 0.1) is 6.61 Å². The van der Waals surface area contributed by atoms with Gasteiger partial charge in [-0.25, -0.2) is 4.79 Å². The Balaban J connectivity index is 1.46. The first-order valence-corrected chi connectivity index (χ1v) is 8.09. The van der Waals surface area contributed by atoms with Gasteiger partial charge in [-0.1, -0.05) is 30.3 Å². The number of hydrogen-bond donors (Lipinski definition) is 1. The van der Waals surface area contributed by atoms with Gasteiger partial charge in [0.15, 0.2) is 12.2 Å². The van der Waals surface area contributed by atoms with Crippen LogP contribution in [0.2, 0.25) is 0 Å². The lowest BCUT2D eigenvalue weighted by Gasteiger charge is -2.07. The SMILES string of the molecule is CCOC(=O)[C@@H]1O[C@@H]1C(=O)NCc1ccc(Oc2ccccc2)cc1. The lowest BCUT2D eigenvalue weighted by atomic mass is 10.2. The van der Waals surface area contributed by atoms with Crippen LogP contribution < -0.4 is 10.1 Å². The summed E-state index contributed by atoms with van der Waals surface area (Å²) in [5.41, 5.74) is 0.919. The van der Waals surface area contributed by atoms with E-state index in [0.29, 0.717) is 12.3 Å². The molecule has 1 amide bonds. The number of nitrogens with one attached hydrogen (secondary N) is 1. The monoisotopic (exact) mass is 341 g/mol. The van der Waals surface area contributed by atoms with Crippen LogP contribution in [0.1, 0.15) is 12.5 Å². The zero-order valence-corrected chi connectivity index (χ0v) is 13.8. The molecule has 3 rings (SSSR count). The van der Waals surface area contributed by atoms with E-state index in [1.165, 1.54) is 0 Å². The van der Waals surface area contributed by atoms with Gasteiger partial charge in [0, 0.05) is 6.54 Å². The second-order valence-corrected chi connectivity index (χ2v) is 5.51. The lowest BCUT2D eigenvalue weighted by molar-refractivity contribution is -0.144. The molecule has 0 radical (unpaired) electrons. The van der Waals surface area contributed by atoms with E-state index in [1.807, 2.05) is 54.6 Å². The average Bonchev–Trinajstić information content (AvgIpc) is 3.43. The second kappa shape index (κ2) is 7.81. The van der Waals surface area contributed by atoms with Gasteiger partial charge in [-0.3, -0.25) is 4.79 Å². The van der Waals surface area contributed by atoms with Crippen molar-refractivity contribution < 1.29 is 23.8 Å². The predicted octanol–water partition coefficient (Wildman–Crippen LogP) is 2.43. The third kappa shape index (κ3) is 4.58. The standard InChI is InChI=1S/C19H19NO5/c1-2-23-19(22)17-16(25-17)18(21)20-12-13-8-10-15(11-9-13)24-14-6-4-3-5-7-14/h3-11,16-17H,2,12H2,1H3,(H,20,21)/t16-,17+/m0/s1. The smallest absolute Gasteiger partial charge is 0.338 e. The summed E-state index contributed by atoms with van der Waals surface area (Å²) in [6, 6.07) is 16.9. The number of benzene rings is 2. The maximum atomic E-state index is 11.9. The molecule has 1 aliphatic rings. The normalized spacial score (nSPS) is 18.3. The third-order valence-corrected chi connectivity index (χ3v) is 3.64. The molecule has 25 heavy (non-hydrogen) atoms. The number of hydrogen-bond acceptors (Lipinski definition) is 5. The number of carbonyl (C=O) groups excluding carboxylic acids is 2. The van der Waals surface area contributed by atoms with Crippen molar-refractivity contribution in [1.82, 2.24) is 5.32 Å². The zero-order valence-electron chi connectivity index (χ0n) is 13.8. The molecule has 6 nitrogen and oxygen atoms in total. The summed E-state index contributed by atoms with van der Waals surface area (Å²) in [5, 5.41) is 2.74. The molecule has 0 aromatic heterocycles. The van der Waals surface area contributed by atoms with E-state index in [1.54, 1.807) is 6.92 Å². The van der Waals surface area contributed by atoms with Crippen LogP contribution in [0.5, 0.6) is 11.5 Å². The number of carbonyl (C=O) groups is 2. The van der Waals surface area contributed by atoms with Crippen LogP contribution >= 0.6 is 0 Å². The van der Waals surface area contributed by atoms with Crippen LogP contribution in [0.25, 0.3) is 0 Å². The Morgan fingerprint density at radius 1 is 1.00 bits per heavy atom. The number of amides is 1. The Morgan fingerprint density at radius 2 is 1.68 bits per heavy atom. The van der Waals surface area contributed by atoms with Crippen LogP contribution in [0.4, 0.5) is 0 Å². The number of epoxide rings is 1. The maximum absolute atomic E-state index is 11.9. The molecule has 130 valence electrons. The van der Waals surface area contributed by atoms with Crippen molar-refractivity contribution in [3.8, 4) is 11.5 Å². The second-order valence-electron chi connectivity index (χ2n) is 5.51. The molecule has 6 heteroatoms. The minimum atomic E-state index is -0.776. The molecule has 1 saturated heterocycles. The molecule has 0 saturated carbocycles. The molecule has 2 atom stereocenters. The number of rotatable bonds is 7. The minimum Gasteiger partial charge on any atom is -0.464 e. The minimum absolute atomic E-state index is 0.268. The number of esters is 1. The fourth-order valence-electron chi connectivity index (χ4n) is 2.31. The van der Waals surface area contributed by atoms with E-state index in [4.69, 9.17) is 14.2 Å². The van der Waals surface area contributed by atoms with Crippen molar-refractivity contribution in [3.05, 3.63) is 60.2 Å². The largest absolute Gasteiger partial charge is 0.464 e. The Labute approximate surface area is 145 Å². The van der Waals surface area contributed by atoms with Crippen molar-refractivity contribution in [2.75, 3.05) is 6.61 Å². The highest BCUT2D eigenvalue weighted by Gasteiger charge is 2.51. The molecule has 0 aliphatic carbocycles.